The summed E-state index contributed by atoms with van der Waals surface area (Å²) in [5.74, 6) is -1.08. The first kappa shape index (κ1) is 28.9. The maximum Gasteiger partial charge on any atom is 0.404 e. The Morgan fingerprint density at radius 3 is 1.91 bits per heavy atom. The van der Waals surface area contributed by atoms with Gasteiger partial charge in [0.2, 0.25) is 17.7 Å². The number of primary amides is 2. The van der Waals surface area contributed by atoms with Gasteiger partial charge in [-0.25, -0.2) is 15.1 Å². The first-order chi connectivity index (χ1) is 14.9. The van der Waals surface area contributed by atoms with Crippen molar-refractivity contribution in [1.29, 1.82) is 0 Å². The lowest BCUT2D eigenvalue weighted by Gasteiger charge is -2.17. The van der Waals surface area contributed by atoms with Gasteiger partial charge in [-0.05, 0) is 6.42 Å². The molecule has 0 aliphatic carbocycles. The van der Waals surface area contributed by atoms with E-state index in [1.54, 1.807) is 20.8 Å². The minimum atomic E-state index is -1.01. The fourth-order valence-corrected chi connectivity index (χ4v) is 1.84. The maximum atomic E-state index is 11.8. The third-order valence-corrected chi connectivity index (χ3v) is 3.54. The smallest absolute Gasteiger partial charge is 0.404 e. The lowest BCUT2D eigenvalue weighted by molar-refractivity contribution is -0.145. The van der Waals surface area contributed by atoms with E-state index in [9.17, 15) is 24.0 Å². The van der Waals surface area contributed by atoms with Gasteiger partial charge in [0.1, 0.15) is 19.3 Å². The SMILES string of the molecule is CC(C)(C)C(=O)NOCC(=O)NCCNC(=O)CCCOC(COC(N)=O)COC(N)=O. The molecule has 14 nitrogen and oxygen atoms in total. The normalized spacial score (nSPS) is 10.9. The van der Waals surface area contributed by atoms with Gasteiger partial charge < -0.3 is 36.3 Å². The molecule has 14 heteroatoms. The average molecular weight is 463 g/mol. The quantitative estimate of drug-likeness (QED) is 0.144. The number of nitrogens with one attached hydrogen (secondary N) is 3. The monoisotopic (exact) mass is 463 g/mol. The van der Waals surface area contributed by atoms with Gasteiger partial charge in [-0.1, -0.05) is 20.8 Å². The van der Waals surface area contributed by atoms with Crippen LogP contribution in [0.3, 0.4) is 0 Å². The highest BCUT2D eigenvalue weighted by Crippen LogP contribution is 2.11. The topological polar surface area (TPSA) is 210 Å². The van der Waals surface area contributed by atoms with E-state index in [2.05, 4.69) is 25.6 Å². The molecule has 0 bridgehead atoms. The molecule has 0 saturated heterocycles. The van der Waals surface area contributed by atoms with E-state index in [1.807, 2.05) is 0 Å². The number of carbonyl (C=O) groups is 5. The molecule has 0 aliphatic rings. The summed E-state index contributed by atoms with van der Waals surface area (Å²) in [4.78, 5) is 61.1. The number of amides is 5. The van der Waals surface area contributed by atoms with E-state index in [-0.39, 0.29) is 57.8 Å². The predicted molar refractivity (Wildman–Crippen MR) is 110 cm³/mol. The number of hydroxylamine groups is 1. The van der Waals surface area contributed by atoms with Crippen LogP contribution in [0, 0.1) is 5.41 Å². The van der Waals surface area contributed by atoms with Crippen molar-refractivity contribution in [2.45, 2.75) is 39.7 Å². The number of ether oxygens (including phenoxy) is 3. The van der Waals surface area contributed by atoms with Crippen LogP contribution < -0.4 is 27.6 Å². The van der Waals surface area contributed by atoms with Crippen molar-refractivity contribution in [2.75, 3.05) is 39.5 Å². The first-order valence-corrected chi connectivity index (χ1v) is 9.83. The first-order valence-electron chi connectivity index (χ1n) is 9.83. The minimum absolute atomic E-state index is 0.122. The molecule has 0 radical (unpaired) electrons. The van der Waals surface area contributed by atoms with Crippen LogP contribution in [0.15, 0.2) is 0 Å². The molecule has 0 aromatic heterocycles. The van der Waals surface area contributed by atoms with Gasteiger partial charge in [-0.15, -0.1) is 0 Å². The molecule has 0 aromatic carbocycles. The maximum absolute atomic E-state index is 11.8. The molecule has 0 rings (SSSR count). The Labute approximate surface area is 185 Å². The Morgan fingerprint density at radius 2 is 1.41 bits per heavy atom. The van der Waals surface area contributed by atoms with Crippen LogP contribution >= 0.6 is 0 Å². The van der Waals surface area contributed by atoms with Gasteiger partial charge >= 0.3 is 12.2 Å². The summed E-state index contributed by atoms with van der Waals surface area (Å²) < 4.78 is 14.6. The zero-order valence-electron chi connectivity index (χ0n) is 18.6. The second kappa shape index (κ2) is 15.6. The second-order valence-electron chi connectivity index (χ2n) is 7.53. The molecule has 0 fully saturated rings. The lowest BCUT2D eigenvalue weighted by Crippen LogP contribution is -2.40. The standard InChI is InChI=1S/C18H33N5O9/c1-18(2,3)15(26)23-32-11-14(25)22-7-6-21-13(24)5-4-8-29-12(9-30-16(19)27)10-31-17(20)28/h12H,4-11H2,1-3H3,(H2,19,27)(H2,20,28)(H,21,24)(H,22,25)(H,23,26). The minimum Gasteiger partial charge on any atom is -0.447 e. The molecule has 184 valence electrons. The molecule has 7 N–H and O–H groups in total. The average Bonchev–Trinajstić information content (AvgIpc) is 2.68. The Hall–Kier alpha value is -3.13. The van der Waals surface area contributed by atoms with Gasteiger partial charge in [0.25, 0.3) is 0 Å². The van der Waals surface area contributed by atoms with Crippen molar-refractivity contribution in [2.24, 2.45) is 16.9 Å². The molecule has 0 atom stereocenters. The lowest BCUT2D eigenvalue weighted by atomic mass is 9.96. The Balaban J connectivity index is 3.88. The summed E-state index contributed by atoms with van der Waals surface area (Å²) in [6.45, 7) is 4.78. The molecule has 5 amide bonds. The Kier molecular flexibility index (Phi) is 14.1. The second-order valence-corrected chi connectivity index (χ2v) is 7.53. The molecule has 0 heterocycles. The van der Waals surface area contributed by atoms with E-state index in [4.69, 9.17) is 21.0 Å². The predicted octanol–water partition coefficient (Wildman–Crippen LogP) is -1.33. The molecule has 0 spiro atoms. The summed E-state index contributed by atoms with van der Waals surface area (Å²) >= 11 is 0. The summed E-state index contributed by atoms with van der Waals surface area (Å²) in [6, 6.07) is 0. The molecule has 0 saturated carbocycles. The van der Waals surface area contributed by atoms with Gasteiger partial charge in [0, 0.05) is 31.5 Å². The van der Waals surface area contributed by atoms with E-state index in [1.165, 1.54) is 0 Å². The van der Waals surface area contributed by atoms with Gasteiger partial charge in [-0.3, -0.25) is 19.2 Å². The van der Waals surface area contributed by atoms with Crippen molar-refractivity contribution in [3.8, 4) is 0 Å². The third kappa shape index (κ3) is 16.6. The van der Waals surface area contributed by atoms with Crippen LogP contribution in [0.25, 0.3) is 0 Å². The summed E-state index contributed by atoms with van der Waals surface area (Å²) in [5, 5.41) is 5.13. The fraction of sp³-hybridized carbons (Fsp3) is 0.722. The number of carbonyl (C=O) groups excluding carboxylic acids is 5. The Morgan fingerprint density at radius 1 is 0.875 bits per heavy atom. The largest absolute Gasteiger partial charge is 0.447 e. The van der Waals surface area contributed by atoms with E-state index >= 15 is 0 Å². The highest BCUT2D eigenvalue weighted by atomic mass is 16.7. The molecule has 32 heavy (non-hydrogen) atoms. The molecular weight excluding hydrogens is 430 g/mol. The molecular formula is C18H33N5O9. The van der Waals surface area contributed by atoms with Crippen molar-refractivity contribution < 1.29 is 43.0 Å². The van der Waals surface area contributed by atoms with Crippen LogP contribution in [0.2, 0.25) is 0 Å². The van der Waals surface area contributed by atoms with Crippen molar-refractivity contribution >= 4 is 29.9 Å². The van der Waals surface area contributed by atoms with Crippen LogP contribution in [0.4, 0.5) is 9.59 Å². The van der Waals surface area contributed by atoms with E-state index in [0.29, 0.717) is 6.42 Å². The zero-order valence-corrected chi connectivity index (χ0v) is 18.6. The van der Waals surface area contributed by atoms with Crippen LogP contribution in [0.5, 0.6) is 0 Å². The number of hydrogen-bond donors (Lipinski definition) is 5. The zero-order chi connectivity index (χ0) is 24.6. The highest BCUT2D eigenvalue weighted by molar-refractivity contribution is 5.81. The highest BCUT2D eigenvalue weighted by Gasteiger charge is 2.21. The summed E-state index contributed by atoms with van der Waals surface area (Å²) in [5.41, 5.74) is 11.3. The fourth-order valence-electron chi connectivity index (χ4n) is 1.84. The van der Waals surface area contributed by atoms with Gasteiger partial charge in [0.15, 0.2) is 6.61 Å². The van der Waals surface area contributed by atoms with Gasteiger partial charge in [0.05, 0.1) is 0 Å². The van der Waals surface area contributed by atoms with Crippen LogP contribution in [-0.4, -0.2) is 75.5 Å². The van der Waals surface area contributed by atoms with Crippen LogP contribution in [-0.2, 0) is 33.4 Å². The number of nitrogens with two attached hydrogens (primary N) is 2. The van der Waals surface area contributed by atoms with Crippen LogP contribution in [0.1, 0.15) is 33.6 Å². The van der Waals surface area contributed by atoms with Crippen molar-refractivity contribution in [3.63, 3.8) is 0 Å². The third-order valence-electron chi connectivity index (χ3n) is 3.54. The van der Waals surface area contributed by atoms with Crippen molar-refractivity contribution in [3.05, 3.63) is 0 Å². The van der Waals surface area contributed by atoms with E-state index < -0.39 is 29.6 Å². The summed E-state index contributed by atoms with van der Waals surface area (Å²) in [7, 11) is 0. The van der Waals surface area contributed by atoms with E-state index in [0.717, 1.165) is 0 Å². The molecule has 0 aromatic rings. The summed E-state index contributed by atoms with van der Waals surface area (Å²) in [6.07, 6.45) is -2.32. The number of rotatable bonds is 15. The van der Waals surface area contributed by atoms with Crippen molar-refractivity contribution in [1.82, 2.24) is 16.1 Å². The van der Waals surface area contributed by atoms with Gasteiger partial charge in [-0.2, -0.15) is 0 Å². The molecule has 0 unspecified atom stereocenters. The Bertz CT molecular complexity index is 619. The number of hydrogen-bond acceptors (Lipinski definition) is 9. The molecule has 0 aliphatic heterocycles.